The molecule has 116 valence electrons. The van der Waals surface area contributed by atoms with Crippen molar-refractivity contribution in [3.05, 3.63) is 36.2 Å². The zero-order valence-corrected chi connectivity index (χ0v) is 12.7. The third-order valence-corrected chi connectivity index (χ3v) is 4.61. The number of nitrogens with two attached hydrogens (primary N) is 1. The Morgan fingerprint density at radius 3 is 2.55 bits per heavy atom. The highest BCUT2D eigenvalue weighted by Gasteiger charge is 2.33. The van der Waals surface area contributed by atoms with E-state index in [-0.39, 0.29) is 16.8 Å². The van der Waals surface area contributed by atoms with Crippen LogP contribution in [0.3, 0.4) is 0 Å². The maximum Gasteiger partial charge on any atom is 0.336 e. The summed E-state index contributed by atoms with van der Waals surface area (Å²) in [5.74, 6) is -0.272. The highest BCUT2D eigenvalue weighted by Crippen LogP contribution is 2.23. The zero-order valence-electron chi connectivity index (χ0n) is 11.9. The van der Waals surface area contributed by atoms with Crippen LogP contribution >= 0.6 is 0 Å². The summed E-state index contributed by atoms with van der Waals surface area (Å²) in [4.78, 5) is 22.9. The average Bonchev–Trinajstić information content (AvgIpc) is 2.47. The van der Waals surface area contributed by atoms with Crippen molar-refractivity contribution in [3.8, 4) is 0 Å². The monoisotopic (exact) mass is 322 g/mol. The number of nitrogens with one attached hydrogen (secondary N) is 1. The van der Waals surface area contributed by atoms with E-state index in [0.717, 1.165) is 6.33 Å². The minimum atomic E-state index is -4.23. The number of carbonyl (C=O) groups is 1. The SMILES string of the molecule is CNc1ncnc(N(C(N)=O)S(=O)(=O)c2ccccc2C)n1. The normalized spacial score (nSPS) is 11.0. The molecule has 0 aliphatic carbocycles. The first kappa shape index (κ1) is 15.6. The Morgan fingerprint density at radius 2 is 1.95 bits per heavy atom. The number of primary amides is 1. The molecule has 0 unspecified atom stereocenters. The summed E-state index contributed by atoms with van der Waals surface area (Å²) in [6, 6.07) is 5.01. The molecule has 0 aliphatic heterocycles. The van der Waals surface area contributed by atoms with Gasteiger partial charge in [0.25, 0.3) is 16.0 Å². The van der Waals surface area contributed by atoms with Crippen molar-refractivity contribution in [2.24, 2.45) is 5.73 Å². The molecule has 0 fully saturated rings. The van der Waals surface area contributed by atoms with Gasteiger partial charge in [0.05, 0.1) is 4.90 Å². The molecule has 0 spiro atoms. The summed E-state index contributed by atoms with van der Waals surface area (Å²) in [6.45, 7) is 1.61. The molecule has 1 aromatic heterocycles. The number of anilines is 2. The number of sulfonamides is 1. The quantitative estimate of drug-likeness (QED) is 0.837. The molecule has 1 heterocycles. The largest absolute Gasteiger partial charge is 0.357 e. The Balaban J connectivity index is 2.61. The van der Waals surface area contributed by atoms with Crippen LogP contribution in [0.5, 0.6) is 0 Å². The second-order valence-electron chi connectivity index (χ2n) is 4.23. The lowest BCUT2D eigenvalue weighted by molar-refractivity contribution is 0.256. The van der Waals surface area contributed by atoms with E-state index in [1.807, 2.05) is 0 Å². The lowest BCUT2D eigenvalue weighted by atomic mass is 10.2. The zero-order chi connectivity index (χ0) is 16.3. The maximum absolute atomic E-state index is 12.7. The topological polar surface area (TPSA) is 131 Å². The molecule has 2 aromatic rings. The van der Waals surface area contributed by atoms with Gasteiger partial charge >= 0.3 is 6.03 Å². The first-order valence-corrected chi connectivity index (χ1v) is 7.59. The third kappa shape index (κ3) is 2.81. The molecule has 0 radical (unpaired) electrons. The van der Waals surface area contributed by atoms with E-state index in [9.17, 15) is 13.2 Å². The van der Waals surface area contributed by atoms with Gasteiger partial charge in [-0.15, -0.1) is 4.31 Å². The van der Waals surface area contributed by atoms with Gasteiger partial charge in [0.2, 0.25) is 5.95 Å². The lowest BCUT2D eigenvalue weighted by Gasteiger charge is -2.19. The Labute approximate surface area is 127 Å². The lowest BCUT2D eigenvalue weighted by Crippen LogP contribution is -2.42. The first-order chi connectivity index (χ1) is 10.4. The van der Waals surface area contributed by atoms with E-state index < -0.39 is 16.1 Å². The van der Waals surface area contributed by atoms with Gasteiger partial charge in [0.15, 0.2) is 0 Å². The minimum Gasteiger partial charge on any atom is -0.357 e. The van der Waals surface area contributed by atoms with Crippen LogP contribution in [-0.2, 0) is 10.0 Å². The summed E-state index contributed by atoms with van der Waals surface area (Å²) in [5, 5.41) is 2.63. The van der Waals surface area contributed by atoms with Crippen molar-refractivity contribution in [2.45, 2.75) is 11.8 Å². The van der Waals surface area contributed by atoms with Crippen LogP contribution in [0.2, 0.25) is 0 Å². The van der Waals surface area contributed by atoms with Gasteiger partial charge in [-0.1, -0.05) is 18.2 Å². The van der Waals surface area contributed by atoms with Gasteiger partial charge in [0, 0.05) is 7.05 Å². The average molecular weight is 322 g/mol. The van der Waals surface area contributed by atoms with Crippen LogP contribution in [0.15, 0.2) is 35.5 Å². The van der Waals surface area contributed by atoms with Crippen LogP contribution < -0.4 is 15.4 Å². The molecule has 2 amide bonds. The molecule has 0 saturated heterocycles. The van der Waals surface area contributed by atoms with Crippen molar-refractivity contribution in [2.75, 3.05) is 16.7 Å². The summed E-state index contributed by atoms with van der Waals surface area (Å²) >= 11 is 0. The fourth-order valence-electron chi connectivity index (χ4n) is 1.77. The van der Waals surface area contributed by atoms with E-state index in [1.165, 1.54) is 6.07 Å². The van der Waals surface area contributed by atoms with Gasteiger partial charge in [-0.3, -0.25) is 0 Å². The van der Waals surface area contributed by atoms with Crippen molar-refractivity contribution in [3.63, 3.8) is 0 Å². The number of amides is 2. The number of nitrogens with zero attached hydrogens (tertiary/aromatic N) is 4. The molecule has 10 heteroatoms. The van der Waals surface area contributed by atoms with E-state index in [1.54, 1.807) is 32.2 Å². The molecule has 0 atom stereocenters. The Bertz CT molecular complexity index is 808. The minimum absolute atomic E-state index is 0.0554. The summed E-state index contributed by atoms with van der Waals surface area (Å²) in [5.41, 5.74) is 5.69. The summed E-state index contributed by atoms with van der Waals surface area (Å²) in [6.07, 6.45) is 1.08. The van der Waals surface area contributed by atoms with Gasteiger partial charge in [-0.25, -0.2) is 18.2 Å². The second kappa shape index (κ2) is 5.93. The number of aromatic nitrogens is 3. The Kier molecular flexibility index (Phi) is 4.22. The second-order valence-corrected chi connectivity index (χ2v) is 5.99. The molecule has 22 heavy (non-hydrogen) atoms. The molecule has 3 N–H and O–H groups in total. The van der Waals surface area contributed by atoms with Gasteiger partial charge in [0.1, 0.15) is 6.33 Å². The number of aryl methyl sites for hydroxylation is 1. The molecule has 2 rings (SSSR count). The number of benzene rings is 1. The van der Waals surface area contributed by atoms with E-state index >= 15 is 0 Å². The van der Waals surface area contributed by atoms with Crippen LogP contribution in [0.25, 0.3) is 0 Å². The number of urea groups is 1. The highest BCUT2D eigenvalue weighted by molar-refractivity contribution is 7.93. The van der Waals surface area contributed by atoms with Gasteiger partial charge in [-0.05, 0) is 18.6 Å². The molecule has 0 bridgehead atoms. The predicted octanol–water partition coefficient (Wildman–Crippen LogP) is 0.496. The number of hydrogen-bond donors (Lipinski definition) is 2. The van der Waals surface area contributed by atoms with Crippen molar-refractivity contribution in [1.29, 1.82) is 0 Å². The maximum atomic E-state index is 12.7. The Morgan fingerprint density at radius 1 is 1.27 bits per heavy atom. The number of carbonyl (C=O) groups excluding carboxylic acids is 1. The molecule has 1 aromatic carbocycles. The molecular formula is C12H14N6O3S. The highest BCUT2D eigenvalue weighted by atomic mass is 32.2. The Hall–Kier alpha value is -2.75. The van der Waals surface area contributed by atoms with E-state index in [2.05, 4.69) is 20.3 Å². The first-order valence-electron chi connectivity index (χ1n) is 6.15. The number of rotatable bonds is 4. The smallest absolute Gasteiger partial charge is 0.336 e. The van der Waals surface area contributed by atoms with Crippen molar-refractivity contribution in [1.82, 2.24) is 15.0 Å². The fourth-order valence-corrected chi connectivity index (χ4v) is 3.24. The summed E-state index contributed by atoms with van der Waals surface area (Å²) < 4.78 is 25.7. The van der Waals surface area contributed by atoms with Crippen molar-refractivity contribution >= 4 is 28.0 Å². The van der Waals surface area contributed by atoms with E-state index in [0.29, 0.717) is 9.87 Å². The molecular weight excluding hydrogens is 308 g/mol. The van der Waals surface area contributed by atoms with Crippen molar-refractivity contribution < 1.29 is 13.2 Å². The standard InChI is InChI=1S/C12H14N6O3S/c1-8-5-3-4-6-9(8)22(20,21)18(10(13)19)12-16-7-15-11(14-2)17-12/h3-7H,1-2H3,(H2,13,19)(H,14,15,16,17). The number of hydrogen-bond acceptors (Lipinski definition) is 7. The van der Waals surface area contributed by atoms with Crippen LogP contribution in [0.4, 0.5) is 16.7 Å². The summed E-state index contributed by atoms with van der Waals surface area (Å²) in [7, 11) is -2.69. The van der Waals surface area contributed by atoms with Crippen LogP contribution in [0, 0.1) is 6.92 Å². The van der Waals surface area contributed by atoms with Gasteiger partial charge < -0.3 is 11.1 Å². The molecule has 9 nitrogen and oxygen atoms in total. The van der Waals surface area contributed by atoms with E-state index in [4.69, 9.17) is 5.73 Å². The van der Waals surface area contributed by atoms with Crippen LogP contribution in [0.1, 0.15) is 5.56 Å². The molecule has 0 saturated carbocycles. The molecule has 0 aliphatic rings. The third-order valence-electron chi connectivity index (χ3n) is 2.78. The predicted molar refractivity (Wildman–Crippen MR) is 79.8 cm³/mol. The van der Waals surface area contributed by atoms with Gasteiger partial charge in [-0.2, -0.15) is 9.97 Å². The van der Waals surface area contributed by atoms with Crippen LogP contribution in [-0.4, -0.2) is 36.4 Å². The fraction of sp³-hybridized carbons (Fsp3) is 0.167.